The van der Waals surface area contributed by atoms with Gasteiger partial charge in [-0.05, 0) is 29.7 Å². The van der Waals surface area contributed by atoms with Gasteiger partial charge in [-0.25, -0.2) is 9.78 Å². The summed E-state index contributed by atoms with van der Waals surface area (Å²) in [6.45, 7) is 4.21. The molecule has 0 radical (unpaired) electrons. The maximum Gasteiger partial charge on any atom is 0.331 e. The molecule has 1 fully saturated rings. The molecule has 0 unspecified atom stereocenters. The number of rotatable bonds is 3. The SMILES string of the molecule is C1CCCC1.CC(C)c1cccc(N2C(=O)Nc3c(C(N)=O)sc4nccc2c34)c1. The van der Waals surface area contributed by atoms with Gasteiger partial charge in [0, 0.05) is 6.20 Å². The van der Waals surface area contributed by atoms with E-state index in [0.717, 1.165) is 16.6 Å². The summed E-state index contributed by atoms with van der Waals surface area (Å²) in [7, 11) is 0. The van der Waals surface area contributed by atoms with Gasteiger partial charge in [0.15, 0.2) is 0 Å². The molecular weight excluding hydrogens is 396 g/mol. The number of carbonyl (C=O) groups is 2. The summed E-state index contributed by atoms with van der Waals surface area (Å²) in [5.41, 5.74) is 8.52. The van der Waals surface area contributed by atoms with Crippen LogP contribution in [-0.4, -0.2) is 16.9 Å². The Morgan fingerprint density at radius 3 is 2.50 bits per heavy atom. The van der Waals surface area contributed by atoms with Crippen molar-refractivity contribution >= 4 is 50.6 Å². The highest BCUT2D eigenvalue weighted by molar-refractivity contribution is 7.21. The maximum absolute atomic E-state index is 12.8. The van der Waals surface area contributed by atoms with E-state index in [1.165, 1.54) is 43.4 Å². The molecule has 5 rings (SSSR count). The average molecular weight is 423 g/mol. The summed E-state index contributed by atoms with van der Waals surface area (Å²) >= 11 is 1.19. The first-order valence-electron chi connectivity index (χ1n) is 10.4. The van der Waals surface area contributed by atoms with Crippen molar-refractivity contribution in [2.75, 3.05) is 10.2 Å². The van der Waals surface area contributed by atoms with Crippen molar-refractivity contribution in [2.45, 2.75) is 51.9 Å². The molecule has 30 heavy (non-hydrogen) atoms. The molecule has 6 nitrogen and oxygen atoms in total. The molecule has 0 atom stereocenters. The van der Waals surface area contributed by atoms with E-state index in [-0.39, 0.29) is 6.03 Å². The Morgan fingerprint density at radius 2 is 1.87 bits per heavy atom. The zero-order valence-corrected chi connectivity index (χ0v) is 18.1. The minimum Gasteiger partial charge on any atom is -0.365 e. The number of aromatic nitrogens is 1. The predicted octanol–water partition coefficient (Wildman–Crippen LogP) is 6.15. The molecule has 1 aliphatic carbocycles. The zero-order valence-electron chi connectivity index (χ0n) is 17.3. The van der Waals surface area contributed by atoms with Gasteiger partial charge in [-0.3, -0.25) is 9.69 Å². The van der Waals surface area contributed by atoms with E-state index < -0.39 is 5.91 Å². The molecule has 3 heterocycles. The second-order valence-corrected chi connectivity index (χ2v) is 8.96. The normalized spacial score (nSPS) is 15.2. The fourth-order valence-electron chi connectivity index (χ4n) is 3.92. The number of hydrogen-bond acceptors (Lipinski definition) is 4. The molecular formula is C23H26N4O2S. The Balaban J connectivity index is 0.000000383. The molecule has 7 heteroatoms. The van der Waals surface area contributed by atoms with Crippen LogP contribution in [0.4, 0.5) is 21.9 Å². The first-order valence-corrected chi connectivity index (χ1v) is 11.2. The summed E-state index contributed by atoms with van der Waals surface area (Å²) in [6.07, 6.45) is 9.14. The van der Waals surface area contributed by atoms with Gasteiger partial charge in [0.25, 0.3) is 5.91 Å². The standard InChI is InChI=1S/C18H16N4O2S.C5H10/c1-9(2)10-4-3-5-11(8-10)22-12-6-7-20-17-13(12)14(21-18(22)24)15(25-17)16(19)23;1-2-4-5-3-1/h3-9H,1-2H3,(H2,19,23)(H,21,24);1-5H2. The van der Waals surface area contributed by atoms with Crippen molar-refractivity contribution in [3.8, 4) is 0 Å². The van der Waals surface area contributed by atoms with Crippen LogP contribution in [-0.2, 0) is 0 Å². The van der Waals surface area contributed by atoms with Gasteiger partial charge >= 0.3 is 6.03 Å². The Labute approximate surface area is 180 Å². The van der Waals surface area contributed by atoms with Crippen LogP contribution in [0.1, 0.15) is 67.1 Å². The third kappa shape index (κ3) is 3.77. The third-order valence-corrected chi connectivity index (χ3v) is 6.63. The fourth-order valence-corrected chi connectivity index (χ4v) is 4.89. The van der Waals surface area contributed by atoms with Crippen LogP contribution in [0.3, 0.4) is 0 Å². The van der Waals surface area contributed by atoms with Crippen molar-refractivity contribution in [2.24, 2.45) is 5.73 Å². The number of urea groups is 1. The van der Waals surface area contributed by atoms with E-state index in [9.17, 15) is 9.59 Å². The number of hydrogen-bond donors (Lipinski definition) is 2. The van der Waals surface area contributed by atoms with E-state index in [4.69, 9.17) is 5.73 Å². The fraction of sp³-hybridized carbons (Fsp3) is 0.348. The molecule has 3 N–H and O–H groups in total. The van der Waals surface area contributed by atoms with Crippen molar-refractivity contribution in [3.63, 3.8) is 0 Å². The Kier molecular flexibility index (Phi) is 5.72. The molecule has 0 bridgehead atoms. The number of pyridine rings is 1. The van der Waals surface area contributed by atoms with Gasteiger partial charge in [0.05, 0.1) is 22.4 Å². The second-order valence-electron chi connectivity index (χ2n) is 7.96. The van der Waals surface area contributed by atoms with Crippen molar-refractivity contribution in [1.82, 2.24) is 4.98 Å². The van der Waals surface area contributed by atoms with Gasteiger partial charge in [0.2, 0.25) is 0 Å². The van der Waals surface area contributed by atoms with Gasteiger partial charge in [-0.2, -0.15) is 0 Å². The molecule has 3 aromatic rings. The van der Waals surface area contributed by atoms with Crippen LogP contribution in [0.25, 0.3) is 10.2 Å². The first-order chi connectivity index (χ1) is 14.5. The van der Waals surface area contributed by atoms with E-state index in [2.05, 4.69) is 24.1 Å². The lowest BCUT2D eigenvalue weighted by Gasteiger charge is -2.28. The number of nitrogens with zero attached hydrogens (tertiary/aromatic N) is 2. The van der Waals surface area contributed by atoms with Crippen molar-refractivity contribution in [3.05, 3.63) is 47.0 Å². The highest BCUT2D eigenvalue weighted by atomic mass is 32.1. The van der Waals surface area contributed by atoms with Crippen molar-refractivity contribution in [1.29, 1.82) is 0 Å². The second kappa shape index (κ2) is 8.44. The minimum atomic E-state index is -0.570. The van der Waals surface area contributed by atoms with Crippen LogP contribution >= 0.6 is 11.3 Å². The molecule has 1 saturated carbocycles. The highest BCUT2D eigenvalue weighted by Crippen LogP contribution is 2.45. The molecule has 2 aromatic heterocycles. The third-order valence-electron chi connectivity index (χ3n) is 5.51. The number of benzene rings is 1. The lowest BCUT2D eigenvalue weighted by Crippen LogP contribution is -2.34. The van der Waals surface area contributed by atoms with Crippen LogP contribution in [0.5, 0.6) is 0 Å². The van der Waals surface area contributed by atoms with Crippen LogP contribution in [0, 0.1) is 0 Å². The van der Waals surface area contributed by atoms with E-state index in [1.54, 1.807) is 17.2 Å². The molecule has 3 amide bonds. The molecule has 0 spiro atoms. The highest BCUT2D eigenvalue weighted by Gasteiger charge is 2.32. The maximum atomic E-state index is 12.8. The molecule has 1 aromatic carbocycles. The molecule has 0 saturated heterocycles. The molecule has 2 aliphatic rings. The summed E-state index contributed by atoms with van der Waals surface area (Å²) in [4.78, 5) is 31.4. The van der Waals surface area contributed by atoms with E-state index >= 15 is 0 Å². The molecule has 156 valence electrons. The monoisotopic (exact) mass is 422 g/mol. The van der Waals surface area contributed by atoms with E-state index in [0.29, 0.717) is 27.0 Å². The van der Waals surface area contributed by atoms with Crippen LogP contribution in [0.15, 0.2) is 36.5 Å². The summed E-state index contributed by atoms with van der Waals surface area (Å²) in [5.74, 6) is -0.220. The van der Waals surface area contributed by atoms with Crippen LogP contribution < -0.4 is 16.0 Å². The number of thiophene rings is 1. The first kappa shape index (κ1) is 20.3. The Hall–Kier alpha value is -2.93. The molecule has 1 aliphatic heterocycles. The zero-order chi connectivity index (χ0) is 21.3. The number of amides is 3. The Morgan fingerprint density at radius 1 is 1.17 bits per heavy atom. The topological polar surface area (TPSA) is 88.3 Å². The number of primary amides is 1. The van der Waals surface area contributed by atoms with Gasteiger partial charge < -0.3 is 11.1 Å². The average Bonchev–Trinajstić information content (AvgIpc) is 3.41. The summed E-state index contributed by atoms with van der Waals surface area (Å²) in [6, 6.07) is 9.34. The smallest absolute Gasteiger partial charge is 0.331 e. The number of carbonyl (C=O) groups excluding carboxylic acids is 2. The predicted molar refractivity (Wildman–Crippen MR) is 123 cm³/mol. The largest absolute Gasteiger partial charge is 0.365 e. The summed E-state index contributed by atoms with van der Waals surface area (Å²) in [5, 5.41) is 3.55. The van der Waals surface area contributed by atoms with Gasteiger partial charge in [-0.15, -0.1) is 11.3 Å². The quantitative estimate of drug-likeness (QED) is 0.530. The number of nitrogens with two attached hydrogens (primary N) is 1. The minimum absolute atomic E-state index is 0.318. The lowest BCUT2D eigenvalue weighted by molar-refractivity contribution is 0.100. The summed E-state index contributed by atoms with van der Waals surface area (Å²) < 4.78 is 0. The Bertz CT molecular complexity index is 1090. The van der Waals surface area contributed by atoms with E-state index in [1.807, 2.05) is 24.3 Å². The lowest BCUT2D eigenvalue weighted by atomic mass is 10.0. The number of anilines is 3. The van der Waals surface area contributed by atoms with Gasteiger partial charge in [-0.1, -0.05) is 58.1 Å². The number of nitrogens with one attached hydrogen (secondary N) is 1. The van der Waals surface area contributed by atoms with Crippen LogP contribution in [0.2, 0.25) is 0 Å². The van der Waals surface area contributed by atoms with Crippen molar-refractivity contribution < 1.29 is 9.59 Å². The van der Waals surface area contributed by atoms with Gasteiger partial charge in [0.1, 0.15) is 9.71 Å².